The zero-order valence-electron chi connectivity index (χ0n) is 10.3. The highest BCUT2D eigenvalue weighted by atomic mass is 35.5. The van der Waals surface area contributed by atoms with Crippen molar-refractivity contribution in [2.75, 3.05) is 25.0 Å². The number of nitrogens with zero attached hydrogens (tertiary/aromatic N) is 3. The van der Waals surface area contributed by atoms with E-state index in [1.165, 1.54) is 6.33 Å². The second kappa shape index (κ2) is 6.90. The minimum absolute atomic E-state index is 0.0795. The Bertz CT molecular complexity index is 439. The van der Waals surface area contributed by atoms with E-state index in [9.17, 15) is 9.59 Å². The number of aromatic nitrogens is 2. The van der Waals surface area contributed by atoms with E-state index in [1.54, 1.807) is 11.9 Å². The van der Waals surface area contributed by atoms with Crippen LogP contribution in [0.15, 0.2) is 6.33 Å². The van der Waals surface area contributed by atoms with Crippen LogP contribution in [-0.4, -0.2) is 42.3 Å². The second-order valence-electron chi connectivity index (χ2n) is 3.73. The maximum Gasteiger partial charge on any atom is 0.239 e. The topological polar surface area (TPSA) is 75.2 Å². The number of likely N-dealkylation sites (N-methyl/N-ethyl adjacent to an activating group) is 1. The summed E-state index contributed by atoms with van der Waals surface area (Å²) in [5.41, 5.74) is 0.185. The largest absolute Gasteiger partial charge is 0.355 e. The summed E-state index contributed by atoms with van der Waals surface area (Å²) in [4.78, 5) is 31.7. The highest BCUT2D eigenvalue weighted by Gasteiger charge is 2.15. The van der Waals surface area contributed by atoms with Gasteiger partial charge in [-0.05, 0) is 6.42 Å². The van der Waals surface area contributed by atoms with E-state index in [0.717, 1.165) is 6.42 Å². The predicted octanol–water partition coefficient (Wildman–Crippen LogP) is 0.905. The highest BCUT2D eigenvalue weighted by molar-refractivity contribution is 6.32. The first-order valence-corrected chi connectivity index (χ1v) is 5.91. The molecular weight excluding hydrogens is 256 g/mol. The molecule has 18 heavy (non-hydrogen) atoms. The van der Waals surface area contributed by atoms with Gasteiger partial charge in [0, 0.05) is 13.6 Å². The molecule has 0 spiro atoms. The van der Waals surface area contributed by atoms with Gasteiger partial charge in [-0.3, -0.25) is 9.59 Å². The molecule has 0 saturated carbocycles. The number of amides is 1. The highest BCUT2D eigenvalue weighted by Crippen LogP contribution is 2.19. The van der Waals surface area contributed by atoms with Crippen LogP contribution in [0.25, 0.3) is 0 Å². The number of hydrogen-bond donors (Lipinski definition) is 1. The van der Waals surface area contributed by atoms with Crippen molar-refractivity contribution in [3.63, 3.8) is 0 Å². The summed E-state index contributed by atoms with van der Waals surface area (Å²) in [5, 5.41) is 2.82. The number of aldehydes is 1. The smallest absolute Gasteiger partial charge is 0.239 e. The first-order chi connectivity index (χ1) is 8.60. The lowest BCUT2D eigenvalue weighted by Crippen LogP contribution is -2.36. The van der Waals surface area contributed by atoms with Gasteiger partial charge in [0.1, 0.15) is 17.3 Å². The number of rotatable bonds is 6. The van der Waals surface area contributed by atoms with Gasteiger partial charge in [0.15, 0.2) is 6.29 Å². The molecule has 0 aromatic carbocycles. The molecule has 0 unspecified atom stereocenters. The zero-order valence-corrected chi connectivity index (χ0v) is 11.1. The third-order valence-electron chi connectivity index (χ3n) is 2.25. The van der Waals surface area contributed by atoms with Gasteiger partial charge in [0.25, 0.3) is 0 Å². The van der Waals surface area contributed by atoms with Crippen LogP contribution in [0.4, 0.5) is 5.82 Å². The normalized spacial score (nSPS) is 9.94. The SMILES string of the molecule is CCCNC(=O)CN(C)c1ncnc(Cl)c1C=O. The summed E-state index contributed by atoms with van der Waals surface area (Å²) < 4.78 is 0. The van der Waals surface area contributed by atoms with Crippen molar-refractivity contribution < 1.29 is 9.59 Å². The van der Waals surface area contributed by atoms with Crippen molar-refractivity contribution in [1.82, 2.24) is 15.3 Å². The van der Waals surface area contributed by atoms with Crippen LogP contribution in [0.5, 0.6) is 0 Å². The van der Waals surface area contributed by atoms with Gasteiger partial charge in [0.05, 0.1) is 12.1 Å². The Balaban J connectivity index is 2.78. The van der Waals surface area contributed by atoms with Crippen LogP contribution in [0.1, 0.15) is 23.7 Å². The summed E-state index contributed by atoms with van der Waals surface area (Å²) in [6.45, 7) is 2.70. The molecule has 0 radical (unpaired) electrons. The summed E-state index contributed by atoms with van der Waals surface area (Å²) in [7, 11) is 1.66. The standard InChI is InChI=1S/C11H15ClN4O2/c1-3-4-13-9(18)5-16(2)11-8(6-17)10(12)14-7-15-11/h6-7H,3-5H2,1-2H3,(H,13,18). The summed E-state index contributed by atoms with van der Waals surface area (Å²) in [6.07, 6.45) is 2.71. The molecule has 0 aliphatic carbocycles. The fraction of sp³-hybridized carbons (Fsp3) is 0.455. The Morgan fingerprint density at radius 2 is 2.28 bits per heavy atom. The van der Waals surface area contributed by atoms with Crippen LogP contribution >= 0.6 is 11.6 Å². The molecule has 0 fully saturated rings. The minimum atomic E-state index is -0.133. The van der Waals surface area contributed by atoms with E-state index in [4.69, 9.17) is 11.6 Å². The van der Waals surface area contributed by atoms with E-state index in [1.807, 2.05) is 6.92 Å². The minimum Gasteiger partial charge on any atom is -0.355 e. The fourth-order valence-electron chi connectivity index (χ4n) is 1.38. The van der Waals surface area contributed by atoms with Crippen molar-refractivity contribution in [1.29, 1.82) is 0 Å². The Hall–Kier alpha value is -1.69. The van der Waals surface area contributed by atoms with Gasteiger partial charge in [0.2, 0.25) is 5.91 Å². The van der Waals surface area contributed by atoms with Gasteiger partial charge >= 0.3 is 0 Å². The van der Waals surface area contributed by atoms with Crippen LogP contribution < -0.4 is 10.2 Å². The maximum atomic E-state index is 11.6. The molecule has 0 atom stereocenters. The van der Waals surface area contributed by atoms with E-state index >= 15 is 0 Å². The lowest BCUT2D eigenvalue weighted by Gasteiger charge is -2.18. The lowest BCUT2D eigenvalue weighted by atomic mass is 10.3. The fourth-order valence-corrected chi connectivity index (χ4v) is 1.55. The van der Waals surface area contributed by atoms with Gasteiger partial charge in [-0.25, -0.2) is 9.97 Å². The van der Waals surface area contributed by atoms with Gasteiger partial charge in [-0.15, -0.1) is 0 Å². The zero-order chi connectivity index (χ0) is 13.5. The third-order valence-corrected chi connectivity index (χ3v) is 2.55. The van der Waals surface area contributed by atoms with Crippen LogP contribution in [0.2, 0.25) is 5.15 Å². The molecule has 98 valence electrons. The molecule has 0 aliphatic rings. The average Bonchev–Trinajstić information content (AvgIpc) is 2.35. The summed E-state index contributed by atoms with van der Waals surface area (Å²) in [5.74, 6) is 0.211. The number of nitrogens with one attached hydrogen (secondary N) is 1. The Labute approximate surface area is 110 Å². The predicted molar refractivity (Wildman–Crippen MR) is 69.0 cm³/mol. The maximum absolute atomic E-state index is 11.6. The van der Waals surface area contributed by atoms with Gasteiger partial charge in [-0.1, -0.05) is 18.5 Å². The first-order valence-electron chi connectivity index (χ1n) is 5.53. The molecule has 0 bridgehead atoms. The molecule has 1 amide bonds. The molecular formula is C11H15ClN4O2. The molecule has 0 saturated heterocycles. The van der Waals surface area contributed by atoms with Crippen LogP contribution in [-0.2, 0) is 4.79 Å². The number of anilines is 1. The second-order valence-corrected chi connectivity index (χ2v) is 4.08. The van der Waals surface area contributed by atoms with Crippen molar-refractivity contribution in [3.8, 4) is 0 Å². The van der Waals surface area contributed by atoms with E-state index < -0.39 is 0 Å². The molecule has 7 heteroatoms. The van der Waals surface area contributed by atoms with Crippen LogP contribution in [0, 0.1) is 0 Å². The van der Waals surface area contributed by atoms with E-state index in [-0.39, 0.29) is 23.2 Å². The summed E-state index contributed by atoms with van der Waals surface area (Å²) >= 11 is 5.78. The van der Waals surface area contributed by atoms with Crippen molar-refractivity contribution >= 4 is 29.6 Å². The Morgan fingerprint density at radius 1 is 1.56 bits per heavy atom. The monoisotopic (exact) mass is 270 g/mol. The molecule has 1 rings (SSSR count). The molecule has 1 aromatic rings. The summed E-state index contributed by atoms with van der Waals surface area (Å²) in [6, 6.07) is 0. The Morgan fingerprint density at radius 3 is 2.89 bits per heavy atom. The van der Waals surface area contributed by atoms with E-state index in [0.29, 0.717) is 18.6 Å². The molecule has 1 N–H and O–H groups in total. The quantitative estimate of drug-likeness (QED) is 0.614. The first kappa shape index (κ1) is 14.4. The number of carbonyl (C=O) groups excluding carboxylic acids is 2. The molecule has 1 aromatic heterocycles. The van der Waals surface area contributed by atoms with Crippen molar-refractivity contribution in [2.24, 2.45) is 0 Å². The molecule has 1 heterocycles. The number of carbonyl (C=O) groups is 2. The van der Waals surface area contributed by atoms with Gasteiger partial charge in [-0.2, -0.15) is 0 Å². The lowest BCUT2D eigenvalue weighted by molar-refractivity contribution is -0.119. The third kappa shape index (κ3) is 3.66. The van der Waals surface area contributed by atoms with E-state index in [2.05, 4.69) is 15.3 Å². The van der Waals surface area contributed by atoms with Crippen LogP contribution in [0.3, 0.4) is 0 Å². The van der Waals surface area contributed by atoms with Crippen molar-refractivity contribution in [2.45, 2.75) is 13.3 Å². The van der Waals surface area contributed by atoms with Gasteiger partial charge < -0.3 is 10.2 Å². The average molecular weight is 271 g/mol. The number of hydrogen-bond acceptors (Lipinski definition) is 5. The molecule has 0 aliphatic heterocycles. The Kier molecular flexibility index (Phi) is 5.51. The number of halogens is 1. The molecule has 6 nitrogen and oxygen atoms in total. The van der Waals surface area contributed by atoms with Crippen molar-refractivity contribution in [3.05, 3.63) is 17.0 Å².